The summed E-state index contributed by atoms with van der Waals surface area (Å²) in [7, 11) is 1.61. The molecule has 0 aliphatic carbocycles. The van der Waals surface area contributed by atoms with Crippen molar-refractivity contribution in [2.75, 3.05) is 20.3 Å². The van der Waals surface area contributed by atoms with Crippen molar-refractivity contribution >= 4 is 5.97 Å². The minimum absolute atomic E-state index is 0.0207. The lowest BCUT2D eigenvalue weighted by atomic mass is 9.97. The molecule has 0 amide bonds. The number of benzene rings is 1. The summed E-state index contributed by atoms with van der Waals surface area (Å²) >= 11 is 0. The Kier molecular flexibility index (Phi) is 5.16. The summed E-state index contributed by atoms with van der Waals surface area (Å²) < 4.78 is 10.4. The van der Waals surface area contributed by atoms with Gasteiger partial charge in [0.25, 0.3) is 0 Å². The van der Waals surface area contributed by atoms with Gasteiger partial charge in [-0.05, 0) is 43.5 Å². The summed E-state index contributed by atoms with van der Waals surface area (Å²) in [6.07, 6.45) is 0.457. The second kappa shape index (κ2) is 6.40. The van der Waals surface area contributed by atoms with Gasteiger partial charge in [-0.3, -0.25) is 0 Å². The molecule has 0 unspecified atom stereocenters. The number of esters is 1. The Hall–Kier alpha value is -1.55. The van der Waals surface area contributed by atoms with Crippen LogP contribution in [0.25, 0.3) is 0 Å². The molecule has 0 aromatic heterocycles. The Morgan fingerprint density at radius 3 is 2.50 bits per heavy atom. The van der Waals surface area contributed by atoms with Gasteiger partial charge in [0.05, 0.1) is 19.3 Å². The first-order valence-electron chi connectivity index (χ1n) is 5.95. The summed E-state index contributed by atoms with van der Waals surface area (Å²) in [5.41, 5.74) is 3.24. The third-order valence-electron chi connectivity index (χ3n) is 3.01. The van der Waals surface area contributed by atoms with Crippen molar-refractivity contribution in [1.82, 2.24) is 0 Å². The van der Waals surface area contributed by atoms with E-state index in [1.807, 2.05) is 26.8 Å². The molecule has 0 atom stereocenters. The Balaban J connectivity index is 3.02. The van der Waals surface area contributed by atoms with E-state index in [2.05, 4.69) is 0 Å². The first kappa shape index (κ1) is 14.5. The fraction of sp³-hybridized carbons (Fsp3) is 0.500. The number of hydrogen-bond donors (Lipinski definition) is 1. The molecule has 1 aromatic rings. The maximum absolute atomic E-state index is 12.0. The minimum Gasteiger partial charge on any atom is -0.496 e. The Labute approximate surface area is 108 Å². The van der Waals surface area contributed by atoms with E-state index in [1.165, 1.54) is 0 Å². The van der Waals surface area contributed by atoms with Gasteiger partial charge >= 0.3 is 5.97 Å². The van der Waals surface area contributed by atoms with Crippen molar-refractivity contribution < 1.29 is 19.4 Å². The number of carbonyl (C=O) groups is 1. The number of carbonyl (C=O) groups excluding carboxylic acids is 1. The molecule has 0 aliphatic heterocycles. The highest BCUT2D eigenvalue weighted by atomic mass is 16.5. The zero-order chi connectivity index (χ0) is 13.7. The van der Waals surface area contributed by atoms with Crippen molar-refractivity contribution in [3.05, 3.63) is 28.3 Å². The van der Waals surface area contributed by atoms with Gasteiger partial charge in [0.15, 0.2) is 0 Å². The minimum atomic E-state index is -0.343. The van der Waals surface area contributed by atoms with Gasteiger partial charge in [-0.15, -0.1) is 0 Å². The van der Waals surface area contributed by atoms with Crippen LogP contribution in [-0.2, 0) is 4.74 Å². The van der Waals surface area contributed by atoms with E-state index in [-0.39, 0.29) is 19.2 Å². The van der Waals surface area contributed by atoms with E-state index in [4.69, 9.17) is 14.6 Å². The fourth-order valence-corrected chi connectivity index (χ4v) is 1.87. The Bertz CT molecular complexity index is 438. The van der Waals surface area contributed by atoms with Crippen molar-refractivity contribution in [2.24, 2.45) is 0 Å². The smallest absolute Gasteiger partial charge is 0.338 e. The molecule has 0 saturated carbocycles. The maximum Gasteiger partial charge on any atom is 0.338 e. The predicted octanol–water partition coefficient (Wildman–Crippen LogP) is 2.16. The molecule has 0 fully saturated rings. The van der Waals surface area contributed by atoms with Crippen LogP contribution in [0.3, 0.4) is 0 Å². The van der Waals surface area contributed by atoms with Crippen LogP contribution in [0.15, 0.2) is 6.07 Å². The lowest BCUT2D eigenvalue weighted by molar-refractivity contribution is 0.0480. The molecule has 0 radical (unpaired) electrons. The first-order valence-corrected chi connectivity index (χ1v) is 5.95. The first-order chi connectivity index (χ1) is 8.52. The number of rotatable bonds is 5. The van der Waals surface area contributed by atoms with Crippen LogP contribution in [0.5, 0.6) is 5.75 Å². The third kappa shape index (κ3) is 3.01. The summed E-state index contributed by atoms with van der Waals surface area (Å²) in [6, 6.07) is 1.84. The standard InChI is InChI=1S/C14H20O4/c1-9-8-12(17-4)10(2)11(3)13(9)14(16)18-7-5-6-15/h8,15H,5-7H2,1-4H3. The van der Waals surface area contributed by atoms with Gasteiger partial charge < -0.3 is 14.6 Å². The molecule has 0 spiro atoms. The van der Waals surface area contributed by atoms with Crippen LogP contribution in [0.1, 0.15) is 33.5 Å². The molecule has 100 valence electrons. The summed E-state index contributed by atoms with van der Waals surface area (Å²) in [5, 5.41) is 8.66. The average Bonchev–Trinajstić information content (AvgIpc) is 2.34. The molecule has 4 heteroatoms. The van der Waals surface area contributed by atoms with Gasteiger partial charge in [-0.1, -0.05) is 0 Å². The van der Waals surface area contributed by atoms with Crippen LogP contribution in [-0.4, -0.2) is 31.4 Å². The third-order valence-corrected chi connectivity index (χ3v) is 3.01. The summed E-state index contributed by atoms with van der Waals surface area (Å²) in [4.78, 5) is 12.0. The summed E-state index contributed by atoms with van der Waals surface area (Å²) in [5.74, 6) is 0.432. The lowest BCUT2D eigenvalue weighted by Crippen LogP contribution is -2.12. The molecule has 0 aliphatic rings. The van der Waals surface area contributed by atoms with Gasteiger partial charge in [0.2, 0.25) is 0 Å². The van der Waals surface area contributed by atoms with Crippen LogP contribution in [0, 0.1) is 20.8 Å². The van der Waals surface area contributed by atoms with E-state index in [0.29, 0.717) is 12.0 Å². The molecule has 0 heterocycles. The second-order valence-corrected chi connectivity index (χ2v) is 4.23. The number of aliphatic hydroxyl groups is 1. The maximum atomic E-state index is 12.0. The molecule has 1 N–H and O–H groups in total. The van der Waals surface area contributed by atoms with E-state index in [1.54, 1.807) is 7.11 Å². The van der Waals surface area contributed by atoms with E-state index < -0.39 is 0 Å². The van der Waals surface area contributed by atoms with Gasteiger partial charge in [0, 0.05) is 13.0 Å². The quantitative estimate of drug-likeness (QED) is 0.644. The molecule has 1 aromatic carbocycles. The SMILES string of the molecule is COc1cc(C)c(C(=O)OCCCO)c(C)c1C. The number of methoxy groups -OCH3 is 1. The normalized spacial score (nSPS) is 10.3. The number of hydrogen-bond acceptors (Lipinski definition) is 4. The molecule has 4 nitrogen and oxygen atoms in total. The largest absolute Gasteiger partial charge is 0.496 e. The Morgan fingerprint density at radius 1 is 1.28 bits per heavy atom. The van der Waals surface area contributed by atoms with E-state index in [0.717, 1.165) is 22.4 Å². The van der Waals surface area contributed by atoms with Crippen molar-refractivity contribution in [3.8, 4) is 5.75 Å². The molecule has 0 saturated heterocycles. The predicted molar refractivity (Wildman–Crippen MR) is 69.2 cm³/mol. The fourth-order valence-electron chi connectivity index (χ4n) is 1.87. The van der Waals surface area contributed by atoms with Gasteiger partial charge in [0.1, 0.15) is 5.75 Å². The molecule has 18 heavy (non-hydrogen) atoms. The van der Waals surface area contributed by atoms with Gasteiger partial charge in [-0.2, -0.15) is 0 Å². The number of aryl methyl sites for hydroxylation is 1. The van der Waals surface area contributed by atoms with E-state index >= 15 is 0 Å². The number of aliphatic hydroxyl groups excluding tert-OH is 1. The second-order valence-electron chi connectivity index (χ2n) is 4.23. The van der Waals surface area contributed by atoms with Crippen molar-refractivity contribution in [3.63, 3.8) is 0 Å². The number of ether oxygens (including phenoxy) is 2. The van der Waals surface area contributed by atoms with Crippen molar-refractivity contribution in [1.29, 1.82) is 0 Å². The highest BCUT2D eigenvalue weighted by molar-refractivity contribution is 5.93. The highest BCUT2D eigenvalue weighted by Gasteiger charge is 2.17. The van der Waals surface area contributed by atoms with Crippen LogP contribution in [0.2, 0.25) is 0 Å². The lowest BCUT2D eigenvalue weighted by Gasteiger charge is -2.15. The van der Waals surface area contributed by atoms with Crippen LogP contribution >= 0.6 is 0 Å². The topological polar surface area (TPSA) is 55.8 Å². The summed E-state index contributed by atoms with van der Waals surface area (Å²) in [6.45, 7) is 5.91. The molecular formula is C14H20O4. The zero-order valence-electron chi connectivity index (χ0n) is 11.4. The zero-order valence-corrected chi connectivity index (χ0v) is 11.4. The monoisotopic (exact) mass is 252 g/mol. The van der Waals surface area contributed by atoms with Crippen molar-refractivity contribution in [2.45, 2.75) is 27.2 Å². The average molecular weight is 252 g/mol. The molecule has 1 rings (SSSR count). The van der Waals surface area contributed by atoms with Crippen LogP contribution < -0.4 is 4.74 Å². The van der Waals surface area contributed by atoms with Crippen LogP contribution in [0.4, 0.5) is 0 Å². The highest BCUT2D eigenvalue weighted by Crippen LogP contribution is 2.27. The van der Waals surface area contributed by atoms with E-state index in [9.17, 15) is 4.79 Å². The molecular weight excluding hydrogens is 232 g/mol. The molecule has 0 bridgehead atoms. The Morgan fingerprint density at radius 2 is 1.94 bits per heavy atom. The van der Waals surface area contributed by atoms with Gasteiger partial charge in [-0.25, -0.2) is 4.79 Å².